The molecule has 0 bridgehead atoms. The summed E-state index contributed by atoms with van der Waals surface area (Å²) in [5, 5.41) is -0.577. The molecular weight excluding hydrogens is 978 g/mol. The molecule has 0 aliphatic rings. The van der Waals surface area contributed by atoms with E-state index >= 15 is 0 Å². The zero-order valence-electron chi connectivity index (χ0n) is 51.2. The summed E-state index contributed by atoms with van der Waals surface area (Å²) in [6.07, 6.45) is 63.0. The number of likely N-dealkylation sites (N-methyl/N-ethyl adjacent to an activating group) is 1. The number of carbonyl (C=O) groups is 3. The molecule has 0 aromatic heterocycles. The molecule has 0 unspecified atom stereocenters. The van der Waals surface area contributed by atoms with Gasteiger partial charge >= 0.3 is 5.97 Å². The van der Waals surface area contributed by atoms with Crippen molar-refractivity contribution in [3.63, 3.8) is 0 Å². The molecule has 1 rings (SSSR count). The summed E-state index contributed by atoms with van der Waals surface area (Å²) < 4.78 is 25.1. The summed E-state index contributed by atoms with van der Waals surface area (Å²) >= 11 is 5.42. The Labute approximate surface area is 481 Å². The van der Waals surface area contributed by atoms with Crippen LogP contribution in [0.4, 0.5) is 0 Å². The van der Waals surface area contributed by atoms with Crippen molar-refractivity contribution in [2.45, 2.75) is 342 Å². The molecular formula is C68H124ClNO7. The molecule has 0 aliphatic carbocycles. The van der Waals surface area contributed by atoms with Crippen molar-refractivity contribution in [1.82, 2.24) is 4.90 Å². The number of amides is 1. The monoisotopic (exact) mass is 1100 g/mol. The highest BCUT2D eigenvalue weighted by atomic mass is 35.5. The Bertz CT molecular complexity index is 1410. The first-order valence-electron chi connectivity index (χ1n) is 33.5. The smallest absolute Gasteiger partial charge is 0.306 e. The number of hydrogen-bond acceptors (Lipinski definition) is 7. The Hall–Kier alpha value is -2.48. The maximum Gasteiger partial charge on any atom is 0.306 e. The van der Waals surface area contributed by atoms with E-state index in [9.17, 15) is 14.4 Å². The molecule has 1 amide bonds. The van der Waals surface area contributed by atoms with Gasteiger partial charge in [-0.2, -0.15) is 0 Å². The molecule has 8 nitrogen and oxygen atoms in total. The largest absolute Gasteiger partial charge is 0.490 e. The lowest BCUT2D eigenvalue weighted by Gasteiger charge is -2.21. The van der Waals surface area contributed by atoms with Gasteiger partial charge in [0.1, 0.15) is 6.61 Å². The molecule has 0 fully saturated rings. The number of esters is 1. The first kappa shape index (κ1) is 72.5. The van der Waals surface area contributed by atoms with Crippen molar-refractivity contribution >= 4 is 28.7 Å². The molecule has 9 heteroatoms. The Balaban J connectivity index is 2.85. The van der Waals surface area contributed by atoms with E-state index in [2.05, 4.69) is 20.8 Å². The van der Waals surface area contributed by atoms with Gasteiger partial charge in [0.2, 0.25) is 11.0 Å². The van der Waals surface area contributed by atoms with Crippen molar-refractivity contribution < 1.29 is 33.3 Å². The number of halogens is 1. The van der Waals surface area contributed by atoms with Crippen molar-refractivity contribution in [3.05, 3.63) is 17.7 Å². The van der Waals surface area contributed by atoms with Gasteiger partial charge in [0.15, 0.2) is 11.5 Å². The van der Waals surface area contributed by atoms with Crippen LogP contribution in [-0.2, 0) is 14.3 Å². The molecule has 0 spiro atoms. The van der Waals surface area contributed by atoms with Gasteiger partial charge < -0.3 is 23.8 Å². The third-order valence-corrected chi connectivity index (χ3v) is 15.8. The summed E-state index contributed by atoms with van der Waals surface area (Å²) in [6, 6.07) is 3.63. The highest BCUT2D eigenvalue weighted by Gasteiger charge is 2.22. The van der Waals surface area contributed by atoms with E-state index in [4.69, 9.17) is 30.5 Å². The van der Waals surface area contributed by atoms with Gasteiger partial charge in [-0.15, -0.1) is 0 Å². The fraction of sp³-hybridized carbons (Fsp3) is 0.868. The van der Waals surface area contributed by atoms with E-state index in [1.807, 2.05) is 12.1 Å². The van der Waals surface area contributed by atoms with Crippen LogP contribution >= 0.6 is 11.6 Å². The number of benzene rings is 1. The molecule has 0 N–H and O–H groups in total. The molecule has 1 aromatic carbocycles. The third kappa shape index (κ3) is 46.9. The van der Waals surface area contributed by atoms with Gasteiger partial charge in [-0.3, -0.25) is 14.4 Å². The molecule has 0 aliphatic heterocycles. The molecule has 450 valence electrons. The van der Waals surface area contributed by atoms with Gasteiger partial charge in [-0.25, -0.2) is 0 Å². The van der Waals surface area contributed by atoms with E-state index in [0.29, 0.717) is 42.6 Å². The lowest BCUT2D eigenvalue weighted by molar-refractivity contribution is -0.144. The van der Waals surface area contributed by atoms with Crippen molar-refractivity contribution in [2.75, 3.05) is 40.0 Å². The average molecular weight is 1100 g/mol. The van der Waals surface area contributed by atoms with E-state index in [0.717, 1.165) is 38.5 Å². The van der Waals surface area contributed by atoms with Crippen LogP contribution in [0, 0.1) is 0 Å². The normalized spacial score (nSPS) is 11.3. The molecule has 0 saturated heterocycles. The van der Waals surface area contributed by atoms with Gasteiger partial charge in [0.25, 0.3) is 5.91 Å². The second-order valence-electron chi connectivity index (χ2n) is 23.1. The van der Waals surface area contributed by atoms with Crippen molar-refractivity contribution in [3.8, 4) is 17.2 Å². The summed E-state index contributed by atoms with van der Waals surface area (Å²) in [5.41, 5.74) is 0.449. The molecule has 0 atom stereocenters. The number of carbonyl (C=O) groups excluding carboxylic acids is 3. The van der Waals surface area contributed by atoms with Crippen molar-refractivity contribution in [1.29, 1.82) is 0 Å². The lowest BCUT2D eigenvalue weighted by atomic mass is 10.0. The second-order valence-corrected chi connectivity index (χ2v) is 23.5. The predicted octanol–water partition coefficient (Wildman–Crippen LogP) is 21.8. The molecule has 0 heterocycles. The Morgan fingerprint density at radius 2 is 0.623 bits per heavy atom. The zero-order chi connectivity index (χ0) is 55.8. The lowest BCUT2D eigenvalue weighted by Crippen LogP contribution is -2.31. The SMILES string of the molecule is CCCCCCCCCCCCCCCCCCOc1cc(C(=O)N(C)CCOC(=O)CCC(=O)Cl)cc(OCCCCCCCCCCCCCCCCCC)c1OCCCCCCCCCCCCCCCCCC. The van der Waals surface area contributed by atoms with Crippen molar-refractivity contribution in [2.24, 2.45) is 0 Å². The van der Waals surface area contributed by atoms with E-state index in [1.54, 1.807) is 11.9 Å². The number of hydrogen-bond donors (Lipinski definition) is 0. The van der Waals surface area contributed by atoms with E-state index in [1.165, 1.54) is 270 Å². The van der Waals surface area contributed by atoms with Gasteiger partial charge in [-0.1, -0.05) is 310 Å². The maximum atomic E-state index is 14.0. The minimum absolute atomic E-state index is 0.0171. The first-order chi connectivity index (χ1) is 37.8. The zero-order valence-corrected chi connectivity index (χ0v) is 52.0. The average Bonchev–Trinajstić information content (AvgIpc) is 3.43. The Morgan fingerprint density at radius 1 is 0.364 bits per heavy atom. The Kier molecular flexibility index (Phi) is 53.5. The number of unbranched alkanes of at least 4 members (excludes halogenated alkanes) is 45. The molecule has 0 saturated carbocycles. The van der Waals surface area contributed by atoms with Crippen LogP contribution in [0.25, 0.3) is 0 Å². The van der Waals surface area contributed by atoms with Gasteiger partial charge in [0, 0.05) is 19.0 Å². The van der Waals surface area contributed by atoms with Crippen LogP contribution in [0.3, 0.4) is 0 Å². The second kappa shape index (κ2) is 56.8. The van der Waals surface area contributed by atoms with Crippen LogP contribution in [0.1, 0.15) is 352 Å². The van der Waals surface area contributed by atoms with E-state index in [-0.39, 0.29) is 31.9 Å². The highest BCUT2D eigenvalue weighted by Crippen LogP contribution is 2.40. The third-order valence-electron chi connectivity index (χ3n) is 15.6. The van der Waals surface area contributed by atoms with E-state index < -0.39 is 11.2 Å². The molecule has 1 aromatic rings. The van der Waals surface area contributed by atoms with Crippen LogP contribution < -0.4 is 14.2 Å². The first-order valence-corrected chi connectivity index (χ1v) is 33.9. The number of rotatable bonds is 61. The topological polar surface area (TPSA) is 91.4 Å². The number of ether oxygens (including phenoxy) is 4. The van der Waals surface area contributed by atoms with Crippen LogP contribution in [-0.4, -0.2) is 62.0 Å². The minimum Gasteiger partial charge on any atom is -0.490 e. The summed E-state index contributed by atoms with van der Waals surface area (Å²) in [7, 11) is 1.70. The number of nitrogens with zero attached hydrogens (tertiary/aromatic N) is 1. The van der Waals surface area contributed by atoms with Gasteiger partial charge in [0.05, 0.1) is 32.8 Å². The van der Waals surface area contributed by atoms with Crippen LogP contribution in [0.5, 0.6) is 17.2 Å². The minimum atomic E-state index is -0.577. The highest BCUT2D eigenvalue weighted by molar-refractivity contribution is 6.63. The summed E-state index contributed by atoms with van der Waals surface area (Å²) in [6.45, 7) is 8.73. The fourth-order valence-electron chi connectivity index (χ4n) is 10.4. The standard InChI is InChI=1S/C68H124ClNO7/c1-5-8-11-14-17-20-23-26-29-32-35-38-41-44-47-50-56-74-63-60-62(68(73)70(4)55-59-76-66(72)54-53-65(69)71)61-64(75-57-51-48-45-42-39-36-33-30-27-24-21-18-15-12-9-6-2)67(63)77-58-52-49-46-43-40-37-34-31-28-25-22-19-16-13-10-7-3/h60-61H,5-59H2,1-4H3. The maximum absolute atomic E-state index is 14.0. The van der Waals surface area contributed by atoms with Crippen LogP contribution in [0.15, 0.2) is 12.1 Å². The summed E-state index contributed by atoms with van der Waals surface area (Å²) in [5.74, 6) is 0.976. The van der Waals surface area contributed by atoms with Gasteiger partial charge in [-0.05, 0) is 43.0 Å². The fourth-order valence-corrected chi connectivity index (χ4v) is 10.5. The molecule has 0 radical (unpaired) electrons. The quantitative estimate of drug-likeness (QED) is 0.0364. The predicted molar refractivity (Wildman–Crippen MR) is 330 cm³/mol. The van der Waals surface area contributed by atoms with Crippen LogP contribution in [0.2, 0.25) is 0 Å². The molecule has 77 heavy (non-hydrogen) atoms. The Morgan fingerprint density at radius 3 is 0.896 bits per heavy atom. The summed E-state index contributed by atoms with van der Waals surface area (Å²) in [4.78, 5) is 38.9.